The number of para-hydroxylation sites is 1. The molecule has 130 valence electrons. The van der Waals surface area contributed by atoms with Crippen LogP contribution in [0.15, 0.2) is 65.9 Å². The number of nitrogens with zero attached hydrogens (tertiary/aromatic N) is 2. The van der Waals surface area contributed by atoms with E-state index in [-0.39, 0.29) is 5.41 Å². The molecule has 0 bridgehead atoms. The van der Waals surface area contributed by atoms with Crippen molar-refractivity contribution in [1.29, 1.82) is 0 Å². The van der Waals surface area contributed by atoms with Crippen molar-refractivity contribution in [1.82, 2.24) is 4.98 Å². The monoisotopic (exact) mass is 342 g/mol. The second kappa shape index (κ2) is 7.41. The second-order valence-electron chi connectivity index (χ2n) is 7.08. The minimum Gasteiger partial charge on any atom is -0.399 e. The Morgan fingerprint density at radius 3 is 2.54 bits per heavy atom. The number of hydrogen-bond acceptors (Lipinski definition) is 3. The zero-order valence-corrected chi connectivity index (χ0v) is 15.6. The van der Waals surface area contributed by atoms with Gasteiger partial charge in [0.1, 0.15) is 12.8 Å². The fourth-order valence-corrected chi connectivity index (χ4v) is 2.60. The van der Waals surface area contributed by atoms with Gasteiger partial charge in [-0.3, -0.25) is 4.98 Å². The van der Waals surface area contributed by atoms with Crippen molar-refractivity contribution < 1.29 is 4.84 Å². The zero-order valence-electron chi connectivity index (χ0n) is 15.6. The molecule has 0 spiro atoms. The molecule has 0 aliphatic carbocycles. The highest BCUT2D eigenvalue weighted by Crippen LogP contribution is 2.20. The van der Waals surface area contributed by atoms with Crippen molar-refractivity contribution in [3.05, 3.63) is 77.5 Å². The first-order chi connectivity index (χ1) is 12.5. The summed E-state index contributed by atoms with van der Waals surface area (Å²) in [6.07, 6.45) is 1.83. The summed E-state index contributed by atoms with van der Waals surface area (Å²) >= 11 is 0. The maximum Gasteiger partial charge on any atom is 0.120 e. The number of fused-ring (bicyclic) bond motifs is 1. The van der Waals surface area contributed by atoms with Gasteiger partial charge in [-0.2, -0.15) is 0 Å². The van der Waals surface area contributed by atoms with Crippen LogP contribution in [0.1, 0.15) is 37.5 Å². The van der Waals surface area contributed by atoms with Crippen molar-refractivity contribution in [2.24, 2.45) is 10.6 Å². The average Bonchev–Trinajstić information content (AvgIpc) is 2.64. The summed E-state index contributed by atoms with van der Waals surface area (Å²) in [6, 6.07) is 18.1. The maximum atomic E-state index is 5.14. The number of pyridine rings is 1. The predicted octanol–water partition coefficient (Wildman–Crippen LogP) is 5.03. The van der Waals surface area contributed by atoms with Gasteiger partial charge < -0.3 is 4.84 Å². The Kier molecular flexibility index (Phi) is 5.04. The molecule has 0 atom stereocenters. The van der Waals surface area contributed by atoms with E-state index < -0.39 is 0 Å². The molecule has 3 aromatic rings. The standard InChI is InChI=1S/C23H22N2O/c1-23(2,3)14-13-17-9-5-7-11-20(17)22(25-26-4)19-15-18-10-6-8-12-21(18)24-16-19/h5-12,15-16H,1-4H3. The van der Waals surface area contributed by atoms with Gasteiger partial charge in [0, 0.05) is 33.7 Å². The molecular weight excluding hydrogens is 320 g/mol. The van der Waals surface area contributed by atoms with Crippen LogP contribution in [-0.2, 0) is 4.84 Å². The van der Waals surface area contributed by atoms with Crippen LogP contribution in [0.5, 0.6) is 0 Å². The van der Waals surface area contributed by atoms with Crippen LogP contribution in [0, 0.1) is 17.3 Å². The Morgan fingerprint density at radius 1 is 1.04 bits per heavy atom. The number of oxime groups is 1. The molecule has 1 aromatic heterocycles. The molecule has 1 heterocycles. The molecule has 2 aromatic carbocycles. The molecule has 26 heavy (non-hydrogen) atoms. The summed E-state index contributed by atoms with van der Waals surface area (Å²) in [5.41, 5.74) is 4.36. The Balaban J connectivity index is 2.14. The van der Waals surface area contributed by atoms with Gasteiger partial charge in [-0.25, -0.2) is 0 Å². The SMILES string of the molecule is CON=C(c1cnc2ccccc2c1)c1ccccc1C#CC(C)(C)C. The number of rotatable bonds is 3. The third kappa shape index (κ3) is 4.10. The minimum atomic E-state index is -0.0732. The van der Waals surface area contributed by atoms with Crippen LogP contribution < -0.4 is 0 Å². The highest BCUT2D eigenvalue weighted by Gasteiger charge is 2.13. The summed E-state index contributed by atoms with van der Waals surface area (Å²) in [5, 5.41) is 5.35. The van der Waals surface area contributed by atoms with Crippen LogP contribution in [0.3, 0.4) is 0 Å². The Labute approximate surface area is 154 Å². The molecule has 0 aliphatic rings. The first-order valence-electron chi connectivity index (χ1n) is 8.57. The van der Waals surface area contributed by atoms with Gasteiger partial charge >= 0.3 is 0 Å². The molecule has 0 amide bonds. The van der Waals surface area contributed by atoms with E-state index in [9.17, 15) is 0 Å². The molecule has 0 radical (unpaired) electrons. The normalized spacial score (nSPS) is 11.8. The Morgan fingerprint density at radius 2 is 1.77 bits per heavy atom. The van der Waals surface area contributed by atoms with E-state index >= 15 is 0 Å². The lowest BCUT2D eigenvalue weighted by atomic mass is 9.94. The van der Waals surface area contributed by atoms with Gasteiger partial charge in [0.05, 0.1) is 5.52 Å². The van der Waals surface area contributed by atoms with Crippen LogP contribution in [0.2, 0.25) is 0 Å². The third-order valence-electron chi connectivity index (χ3n) is 3.80. The van der Waals surface area contributed by atoms with Crippen LogP contribution in [0.25, 0.3) is 10.9 Å². The predicted molar refractivity (Wildman–Crippen MR) is 107 cm³/mol. The first kappa shape index (κ1) is 17.7. The van der Waals surface area contributed by atoms with Gasteiger partial charge in [0.2, 0.25) is 0 Å². The maximum absolute atomic E-state index is 5.14. The first-order valence-corrected chi connectivity index (χ1v) is 8.57. The van der Waals surface area contributed by atoms with Crippen LogP contribution in [-0.4, -0.2) is 17.8 Å². The van der Waals surface area contributed by atoms with Gasteiger partial charge in [0.25, 0.3) is 0 Å². The number of hydrogen-bond donors (Lipinski definition) is 0. The van der Waals surface area contributed by atoms with E-state index in [1.54, 1.807) is 7.11 Å². The van der Waals surface area contributed by atoms with Gasteiger partial charge in [-0.15, -0.1) is 0 Å². The van der Waals surface area contributed by atoms with E-state index in [0.29, 0.717) is 0 Å². The highest BCUT2D eigenvalue weighted by atomic mass is 16.6. The van der Waals surface area contributed by atoms with Crippen LogP contribution in [0.4, 0.5) is 0 Å². The molecule has 0 N–H and O–H groups in total. The largest absolute Gasteiger partial charge is 0.399 e. The van der Waals surface area contributed by atoms with E-state index in [0.717, 1.165) is 33.3 Å². The molecule has 0 unspecified atom stereocenters. The lowest BCUT2D eigenvalue weighted by Crippen LogP contribution is -2.08. The van der Waals surface area contributed by atoms with Crippen molar-refractivity contribution in [3.63, 3.8) is 0 Å². The van der Waals surface area contributed by atoms with Crippen molar-refractivity contribution >= 4 is 16.6 Å². The molecule has 3 nitrogen and oxygen atoms in total. The Bertz CT molecular complexity index is 1020. The van der Waals surface area contributed by atoms with Gasteiger partial charge in [0.15, 0.2) is 0 Å². The second-order valence-corrected chi connectivity index (χ2v) is 7.08. The summed E-state index contributed by atoms with van der Waals surface area (Å²) < 4.78 is 0. The smallest absolute Gasteiger partial charge is 0.120 e. The summed E-state index contributed by atoms with van der Waals surface area (Å²) in [6.45, 7) is 6.29. The minimum absolute atomic E-state index is 0.0732. The van der Waals surface area contributed by atoms with Crippen LogP contribution >= 0.6 is 0 Å². The average molecular weight is 342 g/mol. The van der Waals surface area contributed by atoms with Gasteiger partial charge in [-0.1, -0.05) is 53.4 Å². The molecular formula is C23H22N2O. The highest BCUT2D eigenvalue weighted by molar-refractivity contribution is 6.14. The van der Waals surface area contributed by atoms with Crippen molar-refractivity contribution in [2.45, 2.75) is 20.8 Å². The summed E-state index contributed by atoms with van der Waals surface area (Å²) in [7, 11) is 1.55. The lowest BCUT2D eigenvalue weighted by molar-refractivity contribution is 0.214. The topological polar surface area (TPSA) is 34.5 Å². The van der Waals surface area contributed by atoms with Crippen molar-refractivity contribution in [2.75, 3.05) is 7.11 Å². The molecule has 0 saturated carbocycles. The molecule has 0 aliphatic heterocycles. The molecule has 3 heteroatoms. The third-order valence-corrected chi connectivity index (χ3v) is 3.80. The molecule has 3 rings (SSSR count). The Hall–Kier alpha value is -3.12. The fourth-order valence-electron chi connectivity index (χ4n) is 2.60. The van der Waals surface area contributed by atoms with E-state index in [1.807, 2.05) is 54.7 Å². The van der Waals surface area contributed by atoms with Crippen molar-refractivity contribution in [3.8, 4) is 11.8 Å². The summed E-state index contributed by atoms with van der Waals surface area (Å²) in [4.78, 5) is 9.69. The van der Waals surface area contributed by atoms with E-state index in [4.69, 9.17) is 4.84 Å². The quantitative estimate of drug-likeness (QED) is 0.380. The van der Waals surface area contributed by atoms with E-state index in [2.05, 4.69) is 48.8 Å². The molecule has 0 saturated heterocycles. The summed E-state index contributed by atoms with van der Waals surface area (Å²) in [5.74, 6) is 6.59. The molecule has 0 fully saturated rings. The number of aromatic nitrogens is 1. The van der Waals surface area contributed by atoms with E-state index in [1.165, 1.54) is 0 Å². The fraction of sp³-hybridized carbons (Fsp3) is 0.217. The number of benzene rings is 2. The van der Waals surface area contributed by atoms with Gasteiger partial charge in [-0.05, 0) is 39.0 Å². The zero-order chi connectivity index (χ0) is 18.6. The lowest BCUT2D eigenvalue weighted by Gasteiger charge is -2.11.